The molecule has 1 fully saturated rings. The molecule has 0 spiro atoms. The number of methoxy groups -OCH3 is 2. The Balaban J connectivity index is 1.70. The Morgan fingerprint density at radius 2 is 1.96 bits per heavy atom. The van der Waals surface area contributed by atoms with Gasteiger partial charge in [0.1, 0.15) is 5.75 Å². The van der Waals surface area contributed by atoms with Crippen LogP contribution in [0.4, 0.5) is 0 Å². The predicted molar refractivity (Wildman–Crippen MR) is 100 cm³/mol. The van der Waals surface area contributed by atoms with Crippen molar-refractivity contribution in [1.29, 1.82) is 0 Å². The van der Waals surface area contributed by atoms with E-state index in [2.05, 4.69) is 17.1 Å². The van der Waals surface area contributed by atoms with Gasteiger partial charge in [0.25, 0.3) is 5.91 Å². The zero-order chi connectivity index (χ0) is 18.5. The third-order valence-electron chi connectivity index (χ3n) is 5.07. The summed E-state index contributed by atoms with van der Waals surface area (Å²) in [5.74, 6) is 1.17. The first-order valence-electron chi connectivity index (χ1n) is 8.98. The number of carbonyl (C=O) groups excluding carboxylic acids is 1. The van der Waals surface area contributed by atoms with Crippen molar-refractivity contribution >= 4 is 5.91 Å². The fraction of sp³-hybridized carbons (Fsp3) is 0.429. The van der Waals surface area contributed by atoms with Crippen molar-refractivity contribution in [3.05, 3.63) is 59.4 Å². The summed E-state index contributed by atoms with van der Waals surface area (Å²) in [7, 11) is 3.42. The molecule has 1 aromatic carbocycles. The van der Waals surface area contributed by atoms with E-state index in [0.717, 1.165) is 24.3 Å². The van der Waals surface area contributed by atoms with Gasteiger partial charge < -0.3 is 14.4 Å². The van der Waals surface area contributed by atoms with Crippen LogP contribution in [0.15, 0.2) is 42.6 Å². The summed E-state index contributed by atoms with van der Waals surface area (Å²) >= 11 is 0. The molecule has 1 aromatic heterocycles. The summed E-state index contributed by atoms with van der Waals surface area (Å²) in [6.45, 7) is 3.32. The summed E-state index contributed by atoms with van der Waals surface area (Å²) < 4.78 is 10.9. The van der Waals surface area contributed by atoms with E-state index in [9.17, 15) is 4.79 Å². The average Bonchev–Trinajstić information content (AvgIpc) is 2.68. The van der Waals surface area contributed by atoms with E-state index in [4.69, 9.17) is 9.47 Å². The minimum atomic E-state index is 0.0479. The zero-order valence-corrected chi connectivity index (χ0v) is 15.6. The Kier molecular flexibility index (Phi) is 5.89. The third-order valence-corrected chi connectivity index (χ3v) is 5.07. The number of likely N-dealkylation sites (tertiary alicyclic amines) is 1. The van der Waals surface area contributed by atoms with E-state index >= 15 is 0 Å². The van der Waals surface area contributed by atoms with Crippen molar-refractivity contribution in [3.8, 4) is 5.75 Å². The first kappa shape index (κ1) is 18.4. The lowest BCUT2D eigenvalue weighted by Gasteiger charge is -2.38. The van der Waals surface area contributed by atoms with Gasteiger partial charge in [0.2, 0.25) is 0 Å². The van der Waals surface area contributed by atoms with E-state index < -0.39 is 0 Å². The molecular formula is C21H26N2O3. The van der Waals surface area contributed by atoms with Crippen molar-refractivity contribution in [2.75, 3.05) is 27.3 Å². The Morgan fingerprint density at radius 1 is 1.19 bits per heavy atom. The van der Waals surface area contributed by atoms with Crippen LogP contribution in [-0.2, 0) is 11.2 Å². The molecule has 1 saturated heterocycles. The van der Waals surface area contributed by atoms with Gasteiger partial charge in [-0.15, -0.1) is 0 Å². The van der Waals surface area contributed by atoms with Gasteiger partial charge in [-0.2, -0.15) is 0 Å². The van der Waals surface area contributed by atoms with Crippen LogP contribution in [0.3, 0.4) is 0 Å². The number of benzene rings is 1. The van der Waals surface area contributed by atoms with Gasteiger partial charge >= 0.3 is 0 Å². The van der Waals surface area contributed by atoms with Gasteiger partial charge in [-0.25, -0.2) is 0 Å². The maximum Gasteiger partial charge on any atom is 0.255 e. The molecule has 3 rings (SSSR count). The monoisotopic (exact) mass is 354 g/mol. The summed E-state index contributed by atoms with van der Waals surface area (Å²) in [5, 5.41) is 0. The molecule has 2 heterocycles. The molecular weight excluding hydrogens is 328 g/mol. The van der Waals surface area contributed by atoms with Crippen LogP contribution in [-0.4, -0.2) is 49.2 Å². The molecule has 0 aliphatic carbocycles. The topological polar surface area (TPSA) is 51.7 Å². The second-order valence-corrected chi connectivity index (χ2v) is 6.81. The van der Waals surface area contributed by atoms with E-state index in [1.807, 2.05) is 36.1 Å². The van der Waals surface area contributed by atoms with Crippen LogP contribution >= 0.6 is 0 Å². The van der Waals surface area contributed by atoms with E-state index in [1.165, 1.54) is 5.56 Å². The predicted octanol–water partition coefficient (Wildman–Crippen LogP) is 3.12. The Labute approximate surface area is 155 Å². The minimum absolute atomic E-state index is 0.0479. The lowest BCUT2D eigenvalue weighted by Crippen LogP contribution is -2.47. The Bertz CT molecular complexity index is 728. The van der Waals surface area contributed by atoms with E-state index in [1.54, 1.807) is 20.4 Å². The van der Waals surface area contributed by atoms with Crippen LogP contribution in [0.2, 0.25) is 0 Å². The molecule has 0 bridgehead atoms. The normalized spacial score (nSPS) is 20.0. The molecule has 5 nitrogen and oxygen atoms in total. The number of pyridine rings is 1. The van der Waals surface area contributed by atoms with Gasteiger partial charge in [-0.3, -0.25) is 9.78 Å². The zero-order valence-electron chi connectivity index (χ0n) is 15.6. The number of aromatic nitrogens is 1. The van der Waals surface area contributed by atoms with Crippen LogP contribution in [0, 0.1) is 12.8 Å². The molecule has 0 N–H and O–H groups in total. The number of hydrogen-bond acceptors (Lipinski definition) is 4. The van der Waals surface area contributed by atoms with Gasteiger partial charge in [0, 0.05) is 38.0 Å². The summed E-state index contributed by atoms with van der Waals surface area (Å²) in [6.07, 6.45) is 3.55. The maximum absolute atomic E-state index is 12.8. The number of ether oxygens (including phenoxy) is 2. The number of carbonyl (C=O) groups is 1. The Morgan fingerprint density at radius 3 is 2.58 bits per heavy atom. The summed E-state index contributed by atoms with van der Waals surface area (Å²) in [6, 6.07) is 11.8. The SMILES string of the molecule is COc1ccc(C[C@H]2CN(C(=O)c3ccc(C)nc3)CC[C@@H]2OC)cc1. The highest BCUT2D eigenvalue weighted by Gasteiger charge is 2.32. The molecule has 5 heteroatoms. The summed E-state index contributed by atoms with van der Waals surface area (Å²) in [4.78, 5) is 19.0. The van der Waals surface area contributed by atoms with Gasteiger partial charge in [0.15, 0.2) is 0 Å². The van der Waals surface area contributed by atoms with Crippen LogP contribution in [0.25, 0.3) is 0 Å². The molecule has 2 atom stereocenters. The third kappa shape index (κ3) is 4.22. The summed E-state index contributed by atoms with van der Waals surface area (Å²) in [5.41, 5.74) is 2.79. The van der Waals surface area contributed by atoms with Crippen LogP contribution in [0.1, 0.15) is 28.0 Å². The highest BCUT2D eigenvalue weighted by atomic mass is 16.5. The molecule has 26 heavy (non-hydrogen) atoms. The first-order valence-corrected chi connectivity index (χ1v) is 8.98. The smallest absolute Gasteiger partial charge is 0.255 e. The fourth-order valence-electron chi connectivity index (χ4n) is 3.54. The second kappa shape index (κ2) is 8.32. The minimum Gasteiger partial charge on any atom is -0.497 e. The largest absolute Gasteiger partial charge is 0.497 e. The maximum atomic E-state index is 12.8. The van der Waals surface area contributed by atoms with E-state index in [0.29, 0.717) is 18.7 Å². The van der Waals surface area contributed by atoms with Crippen molar-refractivity contribution in [2.45, 2.75) is 25.9 Å². The molecule has 1 aliphatic heterocycles. The second-order valence-electron chi connectivity index (χ2n) is 6.81. The highest BCUT2D eigenvalue weighted by Crippen LogP contribution is 2.25. The number of amides is 1. The lowest BCUT2D eigenvalue weighted by atomic mass is 9.88. The average molecular weight is 354 g/mol. The molecule has 138 valence electrons. The van der Waals surface area contributed by atoms with E-state index in [-0.39, 0.29) is 17.9 Å². The lowest BCUT2D eigenvalue weighted by molar-refractivity contribution is -0.00300. The number of aryl methyl sites for hydroxylation is 1. The van der Waals surface area contributed by atoms with Crippen molar-refractivity contribution in [2.24, 2.45) is 5.92 Å². The molecule has 0 unspecified atom stereocenters. The number of hydrogen-bond donors (Lipinski definition) is 0. The van der Waals surface area contributed by atoms with Gasteiger partial charge in [-0.1, -0.05) is 12.1 Å². The van der Waals surface area contributed by atoms with Crippen molar-refractivity contribution in [3.63, 3.8) is 0 Å². The van der Waals surface area contributed by atoms with Crippen LogP contribution in [0.5, 0.6) is 5.75 Å². The fourth-order valence-corrected chi connectivity index (χ4v) is 3.54. The quantitative estimate of drug-likeness (QED) is 0.828. The molecule has 0 radical (unpaired) electrons. The standard InChI is InChI=1S/C21H26N2O3/c1-15-4-7-17(13-22-15)21(24)23-11-10-20(26-3)18(14-23)12-16-5-8-19(25-2)9-6-16/h4-9,13,18,20H,10-12,14H2,1-3H3/t18-,20-/m0/s1. The van der Waals surface area contributed by atoms with Crippen LogP contribution < -0.4 is 4.74 Å². The molecule has 0 saturated carbocycles. The first-order chi connectivity index (χ1) is 12.6. The number of nitrogens with zero attached hydrogens (tertiary/aromatic N) is 2. The van der Waals surface area contributed by atoms with Crippen molar-refractivity contribution < 1.29 is 14.3 Å². The number of piperidine rings is 1. The van der Waals surface area contributed by atoms with Gasteiger partial charge in [-0.05, 0) is 49.6 Å². The highest BCUT2D eigenvalue weighted by molar-refractivity contribution is 5.94. The Hall–Kier alpha value is -2.40. The van der Waals surface area contributed by atoms with Crippen molar-refractivity contribution in [1.82, 2.24) is 9.88 Å². The molecule has 1 amide bonds. The number of rotatable bonds is 5. The molecule has 1 aliphatic rings. The van der Waals surface area contributed by atoms with Gasteiger partial charge in [0.05, 0.1) is 18.8 Å². The molecule has 2 aromatic rings.